The van der Waals surface area contributed by atoms with Gasteiger partial charge < -0.3 is 11.1 Å². The molecule has 2 rings (SSSR count). The van der Waals surface area contributed by atoms with Gasteiger partial charge >= 0.3 is 0 Å². The molecule has 2 aromatic carbocycles. The van der Waals surface area contributed by atoms with Crippen LogP contribution in [0, 0.1) is 29.1 Å². The highest BCUT2D eigenvalue weighted by Crippen LogP contribution is 2.22. The summed E-state index contributed by atoms with van der Waals surface area (Å²) in [6.07, 6.45) is 0. The van der Waals surface area contributed by atoms with Gasteiger partial charge in [-0.15, -0.1) is 0 Å². The average molecular weight is 302 g/mol. The van der Waals surface area contributed by atoms with Crippen molar-refractivity contribution in [3.8, 4) is 0 Å². The van der Waals surface area contributed by atoms with Gasteiger partial charge in [-0.1, -0.05) is 0 Å². The summed E-state index contributed by atoms with van der Waals surface area (Å²) in [4.78, 5) is 11.8. The molecule has 0 saturated heterocycles. The van der Waals surface area contributed by atoms with Crippen molar-refractivity contribution >= 4 is 17.3 Å². The van der Waals surface area contributed by atoms with E-state index in [0.717, 1.165) is 0 Å². The highest BCUT2D eigenvalue weighted by atomic mass is 19.2. The van der Waals surface area contributed by atoms with Crippen LogP contribution in [-0.2, 0) is 0 Å². The smallest absolute Gasteiger partial charge is 0.257 e. The lowest BCUT2D eigenvalue weighted by Gasteiger charge is -2.09. The van der Waals surface area contributed by atoms with Crippen LogP contribution in [0.25, 0.3) is 0 Å². The second-order valence-electron chi connectivity index (χ2n) is 4.05. The van der Waals surface area contributed by atoms with Gasteiger partial charge in [0.15, 0.2) is 23.3 Å². The molecule has 1 amide bonds. The van der Waals surface area contributed by atoms with Crippen LogP contribution in [0.5, 0.6) is 0 Å². The molecule has 0 fully saturated rings. The van der Waals surface area contributed by atoms with Crippen molar-refractivity contribution in [2.45, 2.75) is 0 Å². The lowest BCUT2D eigenvalue weighted by molar-refractivity contribution is 0.102. The number of nitrogen functional groups attached to an aromatic ring is 1. The predicted molar refractivity (Wildman–Crippen MR) is 65.0 cm³/mol. The van der Waals surface area contributed by atoms with Crippen LogP contribution < -0.4 is 11.1 Å². The molecule has 0 saturated carbocycles. The molecule has 21 heavy (non-hydrogen) atoms. The lowest BCUT2D eigenvalue weighted by Crippen LogP contribution is -2.16. The Kier molecular flexibility index (Phi) is 3.79. The number of amides is 1. The number of nitrogens with one attached hydrogen (secondary N) is 1. The van der Waals surface area contributed by atoms with E-state index in [1.807, 2.05) is 5.32 Å². The highest BCUT2D eigenvalue weighted by molar-refractivity contribution is 6.07. The Morgan fingerprint density at radius 1 is 0.810 bits per heavy atom. The third-order valence-corrected chi connectivity index (χ3v) is 2.60. The van der Waals surface area contributed by atoms with Crippen LogP contribution >= 0.6 is 0 Å². The van der Waals surface area contributed by atoms with Crippen LogP contribution in [-0.4, -0.2) is 5.91 Å². The molecule has 0 spiro atoms. The number of rotatable bonds is 2. The van der Waals surface area contributed by atoms with Gasteiger partial charge in [-0.2, -0.15) is 0 Å². The van der Waals surface area contributed by atoms with Gasteiger partial charge in [0, 0.05) is 23.9 Å². The molecular weight excluding hydrogens is 295 g/mol. The minimum Gasteiger partial charge on any atom is -0.398 e. The Morgan fingerprint density at radius 3 is 2.00 bits per heavy atom. The average Bonchev–Trinajstić information content (AvgIpc) is 2.40. The van der Waals surface area contributed by atoms with Crippen molar-refractivity contribution in [2.24, 2.45) is 0 Å². The van der Waals surface area contributed by atoms with Crippen LogP contribution in [0.4, 0.5) is 33.3 Å². The van der Waals surface area contributed by atoms with Crippen molar-refractivity contribution in [3.63, 3.8) is 0 Å². The molecule has 8 heteroatoms. The monoisotopic (exact) mass is 302 g/mol. The molecular formula is C13H7F5N2O. The molecule has 0 atom stereocenters. The standard InChI is InChI=1S/C13H7F5N2O/c14-6-1-5(11(19)3-8(6)16)13(21)20-12-4-9(17)7(15)2-10(12)18/h1-4H,19H2,(H,20,21). The van der Waals surface area contributed by atoms with Crippen LogP contribution in [0.3, 0.4) is 0 Å². The zero-order chi connectivity index (χ0) is 15.7. The Bertz CT molecular complexity index is 733. The maximum Gasteiger partial charge on any atom is 0.257 e. The summed E-state index contributed by atoms with van der Waals surface area (Å²) in [6, 6.07) is 1.74. The molecule has 0 heterocycles. The number of hydrogen-bond donors (Lipinski definition) is 2. The molecule has 0 aliphatic heterocycles. The van der Waals surface area contributed by atoms with Crippen LogP contribution in [0.15, 0.2) is 24.3 Å². The molecule has 0 bridgehead atoms. The Hall–Kier alpha value is -2.64. The Morgan fingerprint density at radius 2 is 1.33 bits per heavy atom. The fourth-order valence-corrected chi connectivity index (χ4v) is 1.57. The number of nitrogens with two attached hydrogens (primary N) is 1. The maximum absolute atomic E-state index is 13.4. The predicted octanol–water partition coefficient (Wildman–Crippen LogP) is 3.22. The first kappa shape index (κ1) is 14.8. The summed E-state index contributed by atoms with van der Waals surface area (Å²) in [5.41, 5.74) is 3.81. The first-order chi connectivity index (χ1) is 9.79. The van der Waals surface area contributed by atoms with E-state index in [4.69, 9.17) is 5.73 Å². The van der Waals surface area contributed by atoms with Crippen LogP contribution in [0.1, 0.15) is 10.4 Å². The molecule has 0 aromatic heterocycles. The van der Waals surface area contributed by atoms with E-state index in [1.54, 1.807) is 0 Å². The lowest BCUT2D eigenvalue weighted by atomic mass is 10.1. The van der Waals surface area contributed by atoms with E-state index < -0.39 is 51.9 Å². The number of benzene rings is 2. The number of carbonyl (C=O) groups is 1. The van der Waals surface area contributed by atoms with Gasteiger partial charge in [0.25, 0.3) is 5.91 Å². The molecule has 0 radical (unpaired) electrons. The summed E-state index contributed by atoms with van der Waals surface area (Å²) in [7, 11) is 0. The molecule has 3 nitrogen and oxygen atoms in total. The van der Waals surface area contributed by atoms with Crippen LogP contribution in [0.2, 0.25) is 0 Å². The zero-order valence-electron chi connectivity index (χ0n) is 10.2. The number of anilines is 2. The first-order valence-corrected chi connectivity index (χ1v) is 5.50. The Labute approximate surface area is 115 Å². The van der Waals surface area contributed by atoms with Crippen molar-refractivity contribution in [3.05, 3.63) is 58.9 Å². The summed E-state index contributed by atoms with van der Waals surface area (Å²) in [5, 5.41) is 1.89. The summed E-state index contributed by atoms with van der Waals surface area (Å²) < 4.78 is 65.0. The largest absolute Gasteiger partial charge is 0.398 e. The van der Waals surface area contributed by atoms with Crippen molar-refractivity contribution in [1.29, 1.82) is 0 Å². The van der Waals surface area contributed by atoms with E-state index in [9.17, 15) is 26.7 Å². The normalized spacial score (nSPS) is 10.5. The van der Waals surface area contributed by atoms with Gasteiger partial charge in [-0.3, -0.25) is 4.79 Å². The van der Waals surface area contributed by atoms with Crippen molar-refractivity contribution in [1.82, 2.24) is 0 Å². The van der Waals surface area contributed by atoms with Gasteiger partial charge in [0.2, 0.25) is 0 Å². The summed E-state index contributed by atoms with van der Waals surface area (Å²) in [5.74, 6) is -7.74. The van der Waals surface area contributed by atoms with Gasteiger partial charge in [0.1, 0.15) is 5.82 Å². The first-order valence-electron chi connectivity index (χ1n) is 5.50. The third-order valence-electron chi connectivity index (χ3n) is 2.60. The molecule has 0 unspecified atom stereocenters. The maximum atomic E-state index is 13.4. The van der Waals surface area contributed by atoms with Gasteiger partial charge in [0.05, 0.1) is 11.3 Å². The van der Waals surface area contributed by atoms with Gasteiger partial charge in [-0.25, -0.2) is 22.0 Å². The fraction of sp³-hybridized carbons (Fsp3) is 0. The van der Waals surface area contributed by atoms with E-state index in [1.165, 1.54) is 0 Å². The number of hydrogen-bond acceptors (Lipinski definition) is 2. The molecule has 0 aliphatic carbocycles. The number of carbonyl (C=O) groups excluding carboxylic acids is 1. The van der Waals surface area contributed by atoms with Crippen molar-refractivity contribution < 1.29 is 26.7 Å². The molecule has 2 aromatic rings. The van der Waals surface area contributed by atoms with E-state index >= 15 is 0 Å². The highest BCUT2D eigenvalue weighted by Gasteiger charge is 2.17. The fourth-order valence-electron chi connectivity index (χ4n) is 1.57. The quantitative estimate of drug-likeness (QED) is 0.508. The third kappa shape index (κ3) is 2.93. The minimum atomic E-state index is -1.43. The van der Waals surface area contributed by atoms with Gasteiger partial charge in [-0.05, 0) is 6.07 Å². The molecule has 110 valence electrons. The summed E-state index contributed by atoms with van der Waals surface area (Å²) in [6.45, 7) is 0. The number of halogens is 5. The van der Waals surface area contributed by atoms with E-state index in [-0.39, 0.29) is 6.07 Å². The minimum absolute atomic E-state index is 0.236. The van der Waals surface area contributed by atoms with E-state index in [2.05, 4.69) is 0 Å². The van der Waals surface area contributed by atoms with Crippen molar-refractivity contribution in [2.75, 3.05) is 11.1 Å². The summed E-state index contributed by atoms with van der Waals surface area (Å²) >= 11 is 0. The molecule has 3 N–H and O–H groups in total. The topological polar surface area (TPSA) is 55.1 Å². The van der Waals surface area contributed by atoms with E-state index in [0.29, 0.717) is 18.2 Å². The Balaban J connectivity index is 2.35. The second kappa shape index (κ2) is 5.39. The second-order valence-corrected chi connectivity index (χ2v) is 4.05. The zero-order valence-corrected chi connectivity index (χ0v) is 10.2. The SMILES string of the molecule is Nc1cc(F)c(F)cc1C(=O)Nc1cc(F)c(F)cc1F. The molecule has 0 aliphatic rings.